The summed E-state index contributed by atoms with van der Waals surface area (Å²) in [5.41, 5.74) is 2.35. The number of halogens is 1. The van der Waals surface area contributed by atoms with E-state index in [-0.39, 0.29) is 11.8 Å². The summed E-state index contributed by atoms with van der Waals surface area (Å²) < 4.78 is 1.79. The zero-order valence-corrected chi connectivity index (χ0v) is 18.0. The van der Waals surface area contributed by atoms with Gasteiger partial charge in [-0.1, -0.05) is 24.6 Å². The van der Waals surface area contributed by atoms with Gasteiger partial charge in [0.2, 0.25) is 5.91 Å². The highest BCUT2D eigenvalue weighted by Gasteiger charge is 2.25. The van der Waals surface area contributed by atoms with Crippen LogP contribution in [0.2, 0.25) is 5.02 Å². The van der Waals surface area contributed by atoms with Gasteiger partial charge in [0.15, 0.2) is 0 Å². The molecule has 29 heavy (non-hydrogen) atoms. The summed E-state index contributed by atoms with van der Waals surface area (Å²) in [4.78, 5) is 30.8. The van der Waals surface area contributed by atoms with Crippen LogP contribution in [0.4, 0.5) is 0 Å². The molecule has 0 aliphatic carbocycles. The van der Waals surface area contributed by atoms with Gasteiger partial charge in [0.1, 0.15) is 0 Å². The Morgan fingerprint density at radius 1 is 1.17 bits per heavy atom. The number of benzene rings is 1. The first-order valence-electron chi connectivity index (χ1n) is 9.95. The van der Waals surface area contributed by atoms with Crippen molar-refractivity contribution in [3.05, 3.63) is 46.7 Å². The van der Waals surface area contributed by atoms with E-state index in [9.17, 15) is 9.59 Å². The molecule has 2 amide bonds. The van der Waals surface area contributed by atoms with Gasteiger partial charge in [-0.05, 0) is 31.0 Å². The van der Waals surface area contributed by atoms with Gasteiger partial charge in [0.05, 0.1) is 29.7 Å². The SMILES string of the molecule is CCc1c(C(=O)N2CCCN(CC(=O)N(C)C)CC2)cnn1-c1cccc(Cl)c1. The van der Waals surface area contributed by atoms with Crippen molar-refractivity contribution in [2.24, 2.45) is 0 Å². The van der Waals surface area contributed by atoms with E-state index >= 15 is 0 Å². The second kappa shape index (κ2) is 9.41. The minimum absolute atomic E-state index is 0.00378. The molecule has 0 radical (unpaired) electrons. The average Bonchev–Trinajstić information content (AvgIpc) is 3.00. The van der Waals surface area contributed by atoms with Gasteiger partial charge in [0.25, 0.3) is 5.91 Å². The van der Waals surface area contributed by atoms with Crippen molar-refractivity contribution in [3.8, 4) is 5.69 Å². The minimum Gasteiger partial charge on any atom is -0.348 e. The Bertz CT molecular complexity index is 880. The maximum absolute atomic E-state index is 13.2. The number of aromatic nitrogens is 2. The molecule has 3 rings (SSSR count). The molecule has 1 aromatic carbocycles. The van der Waals surface area contributed by atoms with E-state index in [1.54, 1.807) is 29.9 Å². The number of amides is 2. The molecule has 1 saturated heterocycles. The molecule has 0 unspecified atom stereocenters. The number of carbonyl (C=O) groups is 2. The Labute approximate surface area is 176 Å². The molecule has 0 bridgehead atoms. The van der Waals surface area contributed by atoms with Crippen molar-refractivity contribution in [1.29, 1.82) is 0 Å². The predicted octanol–water partition coefficient (Wildman–Crippen LogP) is 2.32. The standard InChI is InChI=1S/C21H28ClN5O2/c1-4-19-18(14-23-27(19)17-8-5-7-16(22)13-17)21(29)26-10-6-9-25(11-12-26)15-20(28)24(2)3/h5,7-8,13-14H,4,6,9-12,15H2,1-3H3. The second-order valence-electron chi connectivity index (χ2n) is 7.46. The van der Waals surface area contributed by atoms with Crippen LogP contribution >= 0.6 is 11.6 Å². The van der Waals surface area contributed by atoms with Gasteiger partial charge in [0, 0.05) is 45.3 Å². The molecule has 0 N–H and O–H groups in total. The fourth-order valence-electron chi connectivity index (χ4n) is 3.56. The van der Waals surface area contributed by atoms with Crippen molar-refractivity contribution >= 4 is 23.4 Å². The van der Waals surface area contributed by atoms with Crippen LogP contribution in [0.3, 0.4) is 0 Å². The summed E-state index contributed by atoms with van der Waals surface area (Å²) in [6, 6.07) is 7.46. The molecule has 1 aromatic heterocycles. The molecule has 7 nitrogen and oxygen atoms in total. The maximum atomic E-state index is 13.2. The van der Waals surface area contributed by atoms with Crippen LogP contribution in [0.5, 0.6) is 0 Å². The van der Waals surface area contributed by atoms with Crippen molar-refractivity contribution in [2.75, 3.05) is 46.8 Å². The van der Waals surface area contributed by atoms with Crippen LogP contribution in [0.15, 0.2) is 30.5 Å². The monoisotopic (exact) mass is 417 g/mol. The van der Waals surface area contributed by atoms with Crippen LogP contribution in [-0.4, -0.2) is 83.1 Å². The van der Waals surface area contributed by atoms with Crippen molar-refractivity contribution in [1.82, 2.24) is 24.5 Å². The second-order valence-corrected chi connectivity index (χ2v) is 7.90. The fraction of sp³-hybridized carbons (Fsp3) is 0.476. The molecular formula is C21H28ClN5O2. The van der Waals surface area contributed by atoms with Crippen molar-refractivity contribution < 1.29 is 9.59 Å². The van der Waals surface area contributed by atoms with Crippen LogP contribution in [-0.2, 0) is 11.2 Å². The highest BCUT2D eigenvalue weighted by molar-refractivity contribution is 6.30. The third kappa shape index (κ3) is 4.97. The number of nitrogens with zero attached hydrogens (tertiary/aromatic N) is 5. The maximum Gasteiger partial charge on any atom is 0.257 e. The quantitative estimate of drug-likeness (QED) is 0.749. The Balaban J connectivity index is 1.74. The predicted molar refractivity (Wildman–Crippen MR) is 114 cm³/mol. The number of carbonyl (C=O) groups excluding carboxylic acids is 2. The molecule has 1 aliphatic rings. The minimum atomic E-state index is -0.00378. The molecule has 0 spiro atoms. The summed E-state index contributed by atoms with van der Waals surface area (Å²) in [6.45, 7) is 5.19. The zero-order chi connectivity index (χ0) is 21.0. The van der Waals surface area contributed by atoms with E-state index in [0.717, 1.165) is 24.3 Å². The third-order valence-corrected chi connectivity index (χ3v) is 5.46. The summed E-state index contributed by atoms with van der Waals surface area (Å²) in [5.74, 6) is 0.0803. The van der Waals surface area contributed by atoms with Crippen LogP contribution in [0, 0.1) is 0 Å². The van der Waals surface area contributed by atoms with Crippen molar-refractivity contribution in [2.45, 2.75) is 19.8 Å². The van der Waals surface area contributed by atoms with Crippen LogP contribution in [0.25, 0.3) is 5.69 Å². The molecule has 0 atom stereocenters. The summed E-state index contributed by atoms with van der Waals surface area (Å²) in [6.07, 6.45) is 3.18. The lowest BCUT2D eigenvalue weighted by atomic mass is 10.1. The van der Waals surface area contributed by atoms with Gasteiger partial charge in [-0.3, -0.25) is 14.5 Å². The normalized spacial score (nSPS) is 15.2. The summed E-state index contributed by atoms with van der Waals surface area (Å²) in [7, 11) is 3.53. The first-order chi connectivity index (χ1) is 13.9. The first-order valence-corrected chi connectivity index (χ1v) is 10.3. The van der Waals surface area contributed by atoms with E-state index in [0.29, 0.717) is 43.2 Å². The molecule has 0 saturated carbocycles. The lowest BCUT2D eigenvalue weighted by molar-refractivity contribution is -0.129. The highest BCUT2D eigenvalue weighted by atomic mass is 35.5. The number of hydrogen-bond donors (Lipinski definition) is 0. The number of hydrogen-bond acceptors (Lipinski definition) is 4. The van der Waals surface area contributed by atoms with Gasteiger partial charge in [-0.25, -0.2) is 4.68 Å². The van der Waals surface area contributed by atoms with E-state index in [2.05, 4.69) is 10.00 Å². The van der Waals surface area contributed by atoms with Gasteiger partial charge < -0.3 is 9.80 Å². The van der Waals surface area contributed by atoms with E-state index in [4.69, 9.17) is 11.6 Å². The Morgan fingerprint density at radius 3 is 2.66 bits per heavy atom. The average molecular weight is 418 g/mol. The van der Waals surface area contributed by atoms with Gasteiger partial charge in [-0.15, -0.1) is 0 Å². The Morgan fingerprint density at radius 2 is 1.97 bits per heavy atom. The molecule has 2 heterocycles. The lowest BCUT2D eigenvalue weighted by Gasteiger charge is -2.23. The molecule has 1 aliphatic heterocycles. The van der Waals surface area contributed by atoms with Crippen molar-refractivity contribution in [3.63, 3.8) is 0 Å². The summed E-state index contributed by atoms with van der Waals surface area (Å²) in [5, 5.41) is 5.09. The van der Waals surface area contributed by atoms with Gasteiger partial charge in [-0.2, -0.15) is 5.10 Å². The Hall–Kier alpha value is -2.38. The first kappa shape index (κ1) is 21.3. The topological polar surface area (TPSA) is 61.7 Å². The smallest absolute Gasteiger partial charge is 0.257 e. The largest absolute Gasteiger partial charge is 0.348 e. The Kier molecular flexibility index (Phi) is 6.92. The van der Waals surface area contributed by atoms with Gasteiger partial charge >= 0.3 is 0 Å². The van der Waals surface area contributed by atoms with Crippen LogP contribution in [0.1, 0.15) is 29.4 Å². The third-order valence-electron chi connectivity index (χ3n) is 5.22. The number of likely N-dealkylation sites (N-methyl/N-ethyl adjacent to an activating group) is 1. The summed E-state index contributed by atoms with van der Waals surface area (Å²) >= 11 is 6.12. The van der Waals surface area contributed by atoms with Crippen LogP contribution < -0.4 is 0 Å². The molecule has 1 fully saturated rings. The molecule has 156 valence electrons. The lowest BCUT2D eigenvalue weighted by Crippen LogP contribution is -2.39. The highest BCUT2D eigenvalue weighted by Crippen LogP contribution is 2.20. The van der Waals surface area contributed by atoms with E-state index in [1.165, 1.54) is 0 Å². The molecule has 2 aromatic rings. The fourth-order valence-corrected chi connectivity index (χ4v) is 3.74. The van der Waals surface area contributed by atoms with E-state index in [1.807, 2.05) is 36.1 Å². The molecular weight excluding hydrogens is 390 g/mol. The zero-order valence-electron chi connectivity index (χ0n) is 17.3. The van der Waals surface area contributed by atoms with E-state index < -0.39 is 0 Å². The number of rotatable bonds is 5. The molecule has 8 heteroatoms.